The molecule has 0 bridgehead atoms. The first-order chi connectivity index (χ1) is 17.5. The van der Waals surface area contributed by atoms with Gasteiger partial charge in [-0.1, -0.05) is 18.2 Å². The summed E-state index contributed by atoms with van der Waals surface area (Å²) in [5.41, 5.74) is 3.59. The highest BCUT2D eigenvalue weighted by Crippen LogP contribution is 2.32. The normalized spacial score (nSPS) is 20.5. The van der Waals surface area contributed by atoms with Crippen LogP contribution in [-0.4, -0.2) is 65.1 Å². The van der Waals surface area contributed by atoms with Crippen LogP contribution in [0.2, 0.25) is 0 Å². The number of rotatable bonds is 5. The number of anilines is 2. The quantitative estimate of drug-likeness (QED) is 0.426. The number of benzene rings is 3. The van der Waals surface area contributed by atoms with Gasteiger partial charge in [0.2, 0.25) is 0 Å². The van der Waals surface area contributed by atoms with Crippen molar-refractivity contribution in [3.05, 3.63) is 78.6 Å². The lowest BCUT2D eigenvalue weighted by atomic mass is 10.1. The molecule has 8 heteroatoms. The van der Waals surface area contributed by atoms with Crippen molar-refractivity contribution >= 4 is 34.1 Å². The number of aliphatic imine (C=N–C) groups is 1. The number of hydrogen-bond donors (Lipinski definition) is 1. The molecule has 3 aromatic carbocycles. The molecule has 1 aromatic heterocycles. The summed E-state index contributed by atoms with van der Waals surface area (Å²) in [5, 5.41) is 4.33. The number of nitrogens with one attached hydrogen (secondary N) is 1. The second kappa shape index (κ2) is 9.13. The molecule has 2 unspecified atom stereocenters. The van der Waals surface area contributed by atoms with Crippen molar-refractivity contribution in [3.8, 4) is 11.5 Å². The minimum absolute atomic E-state index is 0.164. The van der Waals surface area contributed by atoms with E-state index in [1.165, 1.54) is 0 Å². The van der Waals surface area contributed by atoms with Gasteiger partial charge in [0, 0.05) is 31.2 Å². The van der Waals surface area contributed by atoms with Crippen molar-refractivity contribution in [2.75, 3.05) is 32.5 Å². The van der Waals surface area contributed by atoms with Crippen molar-refractivity contribution in [3.63, 3.8) is 0 Å². The third kappa shape index (κ3) is 4.31. The zero-order valence-electron chi connectivity index (χ0n) is 20.5. The van der Waals surface area contributed by atoms with E-state index < -0.39 is 0 Å². The fourth-order valence-corrected chi connectivity index (χ4v) is 4.81. The van der Waals surface area contributed by atoms with E-state index in [0.29, 0.717) is 12.1 Å². The standard InChI is InChI=1S/C28H28N6O2/c1-18-13-19(10-12-25(18)35-21-7-5-4-6-8-21)31-27-22-14-20(9-11-23(22)29-17-30-27)32-28-34(3)24-15-33(2)16-26(24)36-28/h4-14,17,24,26H,15-16H2,1-3H3,(H,29,30,31)/b32-28-. The molecule has 8 nitrogen and oxygen atoms in total. The van der Waals surface area contributed by atoms with Crippen LogP contribution in [0.4, 0.5) is 17.2 Å². The summed E-state index contributed by atoms with van der Waals surface area (Å²) < 4.78 is 12.2. The summed E-state index contributed by atoms with van der Waals surface area (Å²) in [4.78, 5) is 18.2. The van der Waals surface area contributed by atoms with E-state index in [4.69, 9.17) is 14.5 Å². The van der Waals surface area contributed by atoms with E-state index in [1.807, 2.05) is 80.7 Å². The van der Waals surface area contributed by atoms with Gasteiger partial charge in [-0.25, -0.2) is 9.97 Å². The highest BCUT2D eigenvalue weighted by atomic mass is 16.5. The van der Waals surface area contributed by atoms with Gasteiger partial charge in [0.05, 0.1) is 17.2 Å². The molecule has 2 saturated heterocycles. The number of hydrogen-bond acceptors (Lipinski definition) is 7. The topological polar surface area (TPSA) is 75.1 Å². The summed E-state index contributed by atoms with van der Waals surface area (Å²) in [5.74, 6) is 2.34. The van der Waals surface area contributed by atoms with Crippen molar-refractivity contribution in [1.29, 1.82) is 0 Å². The minimum Gasteiger partial charge on any atom is -0.458 e. The van der Waals surface area contributed by atoms with Gasteiger partial charge in [-0.3, -0.25) is 0 Å². The third-order valence-corrected chi connectivity index (χ3v) is 6.73. The van der Waals surface area contributed by atoms with Gasteiger partial charge in [-0.15, -0.1) is 0 Å². The van der Waals surface area contributed by atoms with Gasteiger partial charge < -0.3 is 24.6 Å². The number of amidine groups is 1. The average molecular weight is 481 g/mol. The van der Waals surface area contributed by atoms with Crippen molar-refractivity contribution in [2.24, 2.45) is 4.99 Å². The van der Waals surface area contributed by atoms with Crippen LogP contribution in [0, 0.1) is 6.92 Å². The summed E-state index contributed by atoms with van der Waals surface area (Å²) >= 11 is 0. The molecule has 4 aromatic rings. The van der Waals surface area contributed by atoms with E-state index >= 15 is 0 Å². The maximum absolute atomic E-state index is 6.15. The second-order valence-electron chi connectivity index (χ2n) is 9.39. The van der Waals surface area contributed by atoms with Gasteiger partial charge in [-0.05, 0) is 68.1 Å². The third-order valence-electron chi connectivity index (χ3n) is 6.73. The molecule has 2 fully saturated rings. The van der Waals surface area contributed by atoms with Gasteiger partial charge in [-0.2, -0.15) is 4.99 Å². The van der Waals surface area contributed by atoms with Crippen LogP contribution in [0.3, 0.4) is 0 Å². The van der Waals surface area contributed by atoms with Gasteiger partial charge >= 0.3 is 0 Å². The molecule has 0 radical (unpaired) electrons. The van der Waals surface area contributed by atoms with Crippen LogP contribution in [0.25, 0.3) is 10.9 Å². The zero-order chi connectivity index (χ0) is 24.6. The second-order valence-corrected chi connectivity index (χ2v) is 9.39. The zero-order valence-corrected chi connectivity index (χ0v) is 20.5. The molecule has 0 spiro atoms. The Balaban J connectivity index is 1.25. The number of fused-ring (bicyclic) bond motifs is 2. The van der Waals surface area contributed by atoms with Crippen LogP contribution in [-0.2, 0) is 4.74 Å². The van der Waals surface area contributed by atoms with Crippen LogP contribution in [0.15, 0.2) is 78.0 Å². The Kier molecular flexibility index (Phi) is 5.65. The fourth-order valence-electron chi connectivity index (χ4n) is 4.81. The molecular formula is C28H28N6O2. The van der Waals surface area contributed by atoms with Crippen LogP contribution >= 0.6 is 0 Å². The van der Waals surface area contributed by atoms with E-state index in [9.17, 15) is 0 Å². The molecule has 1 N–H and O–H groups in total. The SMILES string of the molecule is Cc1cc(Nc2ncnc3ccc(/N=C4\OC5CN(C)CC5N4C)cc23)ccc1Oc1ccccc1. The molecule has 2 aliphatic heterocycles. The smallest absolute Gasteiger partial charge is 0.293 e. The number of ether oxygens (including phenoxy) is 2. The largest absolute Gasteiger partial charge is 0.458 e. The van der Waals surface area contributed by atoms with Crippen LogP contribution in [0.1, 0.15) is 5.56 Å². The molecule has 0 aliphatic carbocycles. The lowest BCUT2D eigenvalue weighted by Crippen LogP contribution is -2.34. The van der Waals surface area contributed by atoms with Crippen molar-refractivity contribution < 1.29 is 9.47 Å². The number of likely N-dealkylation sites (tertiary alicyclic amines) is 1. The Labute approximate surface area is 210 Å². The van der Waals surface area contributed by atoms with E-state index in [-0.39, 0.29) is 6.10 Å². The number of aryl methyl sites for hydroxylation is 1. The summed E-state index contributed by atoms with van der Waals surface area (Å²) in [6.45, 7) is 3.93. The predicted molar refractivity (Wildman–Crippen MR) is 142 cm³/mol. The molecule has 182 valence electrons. The summed E-state index contributed by atoms with van der Waals surface area (Å²) in [6, 6.07) is 22.7. The number of likely N-dealkylation sites (N-methyl/N-ethyl adjacent to an activating group) is 2. The molecule has 36 heavy (non-hydrogen) atoms. The predicted octanol–water partition coefficient (Wildman–Crippen LogP) is 5.11. The maximum atomic E-state index is 6.15. The maximum Gasteiger partial charge on any atom is 0.293 e. The Morgan fingerprint density at radius 3 is 2.67 bits per heavy atom. The van der Waals surface area contributed by atoms with Crippen molar-refractivity contribution in [1.82, 2.24) is 19.8 Å². The first-order valence-corrected chi connectivity index (χ1v) is 12.1. The molecule has 0 amide bonds. The molecule has 2 aliphatic rings. The number of para-hydroxylation sites is 1. The van der Waals surface area contributed by atoms with Gasteiger partial charge in [0.15, 0.2) is 0 Å². The Morgan fingerprint density at radius 2 is 1.86 bits per heavy atom. The highest BCUT2D eigenvalue weighted by molar-refractivity contribution is 5.93. The Morgan fingerprint density at radius 1 is 1.00 bits per heavy atom. The van der Waals surface area contributed by atoms with Crippen LogP contribution in [0.5, 0.6) is 11.5 Å². The lowest BCUT2D eigenvalue weighted by molar-refractivity contribution is 0.214. The Bertz CT molecular complexity index is 1440. The monoisotopic (exact) mass is 480 g/mol. The average Bonchev–Trinajstić information content (AvgIpc) is 3.38. The molecule has 6 rings (SSSR count). The molecular weight excluding hydrogens is 452 g/mol. The van der Waals surface area contributed by atoms with Crippen molar-refractivity contribution in [2.45, 2.75) is 19.1 Å². The summed E-state index contributed by atoms with van der Waals surface area (Å²) in [6.07, 6.45) is 1.73. The first-order valence-electron chi connectivity index (χ1n) is 12.1. The van der Waals surface area contributed by atoms with Gasteiger partial charge in [0.25, 0.3) is 6.02 Å². The number of nitrogens with zero attached hydrogens (tertiary/aromatic N) is 5. The van der Waals surface area contributed by atoms with E-state index in [1.54, 1.807) is 6.33 Å². The minimum atomic E-state index is 0.164. The molecule has 0 saturated carbocycles. The molecule has 2 atom stereocenters. The van der Waals surface area contributed by atoms with E-state index in [0.717, 1.165) is 58.2 Å². The molecule has 3 heterocycles. The first kappa shape index (κ1) is 22.3. The highest BCUT2D eigenvalue weighted by Gasteiger charge is 2.43. The van der Waals surface area contributed by atoms with Gasteiger partial charge in [0.1, 0.15) is 29.7 Å². The number of aromatic nitrogens is 2. The lowest BCUT2D eigenvalue weighted by Gasteiger charge is -2.17. The Hall–Kier alpha value is -4.17. The van der Waals surface area contributed by atoms with Crippen LogP contribution < -0.4 is 10.1 Å². The van der Waals surface area contributed by atoms with E-state index in [2.05, 4.69) is 32.1 Å². The summed E-state index contributed by atoms with van der Waals surface area (Å²) in [7, 11) is 4.17. The fraction of sp³-hybridized carbons (Fsp3) is 0.250.